The van der Waals surface area contributed by atoms with Gasteiger partial charge in [0.2, 0.25) is 15.9 Å². The largest absolute Gasteiger partial charge is 0.497 e. The van der Waals surface area contributed by atoms with Crippen LogP contribution in [-0.4, -0.2) is 40.8 Å². The van der Waals surface area contributed by atoms with Crippen LogP contribution in [-0.2, 0) is 14.8 Å². The Morgan fingerprint density at radius 1 is 1.03 bits per heavy atom. The van der Waals surface area contributed by atoms with Crippen LogP contribution in [0.4, 0.5) is 5.69 Å². The number of carbonyl (C=O) groups is 1. The van der Waals surface area contributed by atoms with Gasteiger partial charge in [0.15, 0.2) is 0 Å². The van der Waals surface area contributed by atoms with E-state index in [0.717, 1.165) is 27.3 Å². The number of anilines is 1. The molecule has 0 spiro atoms. The molecule has 0 bridgehead atoms. The van der Waals surface area contributed by atoms with Crippen LogP contribution >= 0.6 is 0 Å². The topological polar surface area (TPSA) is 84.9 Å². The van der Waals surface area contributed by atoms with E-state index in [1.807, 2.05) is 39.0 Å². The van der Waals surface area contributed by atoms with Gasteiger partial charge in [0, 0.05) is 6.07 Å². The predicted molar refractivity (Wildman–Crippen MR) is 119 cm³/mol. The van der Waals surface area contributed by atoms with Crippen molar-refractivity contribution in [2.75, 3.05) is 24.8 Å². The molecule has 2 rings (SSSR count). The number of hydrogen-bond donors (Lipinski definition) is 1. The van der Waals surface area contributed by atoms with Gasteiger partial charge >= 0.3 is 0 Å². The van der Waals surface area contributed by atoms with E-state index in [9.17, 15) is 13.2 Å². The van der Waals surface area contributed by atoms with E-state index in [1.165, 1.54) is 20.3 Å². The zero-order valence-corrected chi connectivity index (χ0v) is 19.3. The van der Waals surface area contributed by atoms with Crippen molar-refractivity contribution in [3.8, 4) is 11.5 Å². The summed E-state index contributed by atoms with van der Waals surface area (Å²) in [6, 6.07) is 9.55. The van der Waals surface area contributed by atoms with Crippen LogP contribution in [0.3, 0.4) is 0 Å². The molecular formula is C22H30N2O5S. The minimum atomic E-state index is -3.80. The molecule has 0 aliphatic carbocycles. The fourth-order valence-corrected chi connectivity index (χ4v) is 4.56. The van der Waals surface area contributed by atoms with Crippen LogP contribution in [0.1, 0.15) is 36.6 Å². The SMILES string of the molecule is COc1ccc(OC)c(N([C@H](C)C(=O)N[C@@H](C)c2cc(C)ccc2C)S(C)(=O)=O)c1. The average molecular weight is 435 g/mol. The van der Waals surface area contributed by atoms with Crippen molar-refractivity contribution in [2.24, 2.45) is 0 Å². The standard InChI is InChI=1S/C22H30N2O5S/c1-14-8-9-15(2)19(12-14)16(3)23-22(25)17(4)24(30(7,26)27)20-13-18(28-5)10-11-21(20)29-6/h8-13,16-17H,1-7H3,(H,23,25)/t16-,17+/m0/s1. The molecule has 0 aromatic heterocycles. The van der Waals surface area contributed by atoms with Crippen molar-refractivity contribution < 1.29 is 22.7 Å². The number of hydrogen-bond acceptors (Lipinski definition) is 5. The number of sulfonamides is 1. The van der Waals surface area contributed by atoms with Gasteiger partial charge in [-0.15, -0.1) is 0 Å². The van der Waals surface area contributed by atoms with Crippen LogP contribution < -0.4 is 19.1 Å². The van der Waals surface area contributed by atoms with Crippen molar-refractivity contribution in [3.63, 3.8) is 0 Å². The van der Waals surface area contributed by atoms with Crippen LogP contribution in [0.15, 0.2) is 36.4 Å². The molecule has 2 aromatic carbocycles. The summed E-state index contributed by atoms with van der Waals surface area (Å²) >= 11 is 0. The van der Waals surface area contributed by atoms with Crippen molar-refractivity contribution in [3.05, 3.63) is 53.1 Å². The number of carbonyl (C=O) groups excluding carboxylic acids is 1. The summed E-state index contributed by atoms with van der Waals surface area (Å²) in [6.07, 6.45) is 1.06. The van der Waals surface area contributed by atoms with Gasteiger partial charge in [-0.25, -0.2) is 8.42 Å². The molecule has 0 saturated heterocycles. The third-order valence-electron chi connectivity index (χ3n) is 4.97. The fraction of sp³-hybridized carbons (Fsp3) is 0.409. The lowest BCUT2D eigenvalue weighted by Gasteiger charge is -2.30. The Labute approximate surface area is 179 Å². The summed E-state index contributed by atoms with van der Waals surface area (Å²) in [5, 5.41) is 2.94. The number of rotatable bonds is 8. The lowest BCUT2D eigenvalue weighted by atomic mass is 10.00. The Morgan fingerprint density at radius 3 is 2.27 bits per heavy atom. The molecule has 164 valence electrons. The van der Waals surface area contributed by atoms with E-state index < -0.39 is 22.0 Å². The molecule has 0 fully saturated rings. The molecule has 0 radical (unpaired) electrons. The summed E-state index contributed by atoms with van der Waals surface area (Å²) in [5.41, 5.74) is 3.36. The van der Waals surface area contributed by atoms with E-state index in [0.29, 0.717) is 11.5 Å². The summed E-state index contributed by atoms with van der Waals surface area (Å²) in [7, 11) is -0.870. The molecule has 0 heterocycles. The van der Waals surface area contributed by atoms with E-state index in [2.05, 4.69) is 5.32 Å². The van der Waals surface area contributed by atoms with Crippen molar-refractivity contribution in [1.29, 1.82) is 0 Å². The Balaban J connectivity index is 2.40. The average Bonchev–Trinajstić information content (AvgIpc) is 2.68. The van der Waals surface area contributed by atoms with Gasteiger partial charge in [0.25, 0.3) is 0 Å². The Hall–Kier alpha value is -2.74. The zero-order valence-electron chi connectivity index (χ0n) is 18.5. The first kappa shape index (κ1) is 23.5. The maximum atomic E-state index is 13.0. The quantitative estimate of drug-likeness (QED) is 0.689. The van der Waals surface area contributed by atoms with Gasteiger partial charge in [0.1, 0.15) is 17.5 Å². The molecule has 0 aliphatic heterocycles. The Bertz CT molecular complexity index is 1020. The molecule has 1 N–H and O–H groups in total. The minimum absolute atomic E-state index is 0.237. The lowest BCUT2D eigenvalue weighted by molar-refractivity contribution is -0.122. The van der Waals surface area contributed by atoms with Crippen molar-refractivity contribution >= 4 is 21.6 Å². The molecule has 0 saturated carbocycles. The van der Waals surface area contributed by atoms with Crippen LogP contribution in [0.25, 0.3) is 0 Å². The fourth-order valence-electron chi connectivity index (χ4n) is 3.39. The second-order valence-electron chi connectivity index (χ2n) is 7.36. The molecular weight excluding hydrogens is 404 g/mol. The summed E-state index contributed by atoms with van der Waals surface area (Å²) in [6.45, 7) is 7.39. The highest BCUT2D eigenvalue weighted by atomic mass is 32.2. The van der Waals surface area contributed by atoms with Gasteiger partial charge < -0.3 is 14.8 Å². The number of amides is 1. The zero-order chi connectivity index (χ0) is 22.6. The van der Waals surface area contributed by atoms with Gasteiger partial charge in [-0.2, -0.15) is 0 Å². The van der Waals surface area contributed by atoms with Gasteiger partial charge in [0.05, 0.1) is 32.2 Å². The lowest BCUT2D eigenvalue weighted by Crippen LogP contribution is -2.48. The van der Waals surface area contributed by atoms with E-state index in [4.69, 9.17) is 9.47 Å². The van der Waals surface area contributed by atoms with Crippen LogP contribution in [0.5, 0.6) is 11.5 Å². The molecule has 0 unspecified atom stereocenters. The second kappa shape index (κ2) is 9.38. The molecule has 7 nitrogen and oxygen atoms in total. The highest BCUT2D eigenvalue weighted by Crippen LogP contribution is 2.35. The first-order valence-electron chi connectivity index (χ1n) is 9.58. The second-order valence-corrected chi connectivity index (χ2v) is 9.22. The number of nitrogens with zero attached hydrogens (tertiary/aromatic N) is 1. The minimum Gasteiger partial charge on any atom is -0.497 e. The van der Waals surface area contributed by atoms with Crippen LogP contribution in [0.2, 0.25) is 0 Å². The van der Waals surface area contributed by atoms with Gasteiger partial charge in [-0.05, 0) is 51.0 Å². The Morgan fingerprint density at radius 2 is 1.70 bits per heavy atom. The van der Waals surface area contributed by atoms with E-state index in [1.54, 1.807) is 19.1 Å². The van der Waals surface area contributed by atoms with E-state index in [-0.39, 0.29) is 11.7 Å². The third kappa shape index (κ3) is 5.24. The molecule has 0 aliphatic rings. The Kier molecular flexibility index (Phi) is 7.36. The predicted octanol–water partition coefficient (Wildman–Crippen LogP) is 3.35. The number of nitrogens with one attached hydrogen (secondary N) is 1. The van der Waals surface area contributed by atoms with Gasteiger partial charge in [-0.1, -0.05) is 23.8 Å². The van der Waals surface area contributed by atoms with Crippen molar-refractivity contribution in [1.82, 2.24) is 5.32 Å². The molecule has 2 atom stereocenters. The smallest absolute Gasteiger partial charge is 0.244 e. The first-order valence-corrected chi connectivity index (χ1v) is 11.4. The summed E-state index contributed by atoms with van der Waals surface area (Å²) < 4.78 is 36.9. The summed E-state index contributed by atoms with van der Waals surface area (Å²) in [4.78, 5) is 13.0. The summed E-state index contributed by atoms with van der Waals surface area (Å²) in [5.74, 6) is 0.359. The maximum absolute atomic E-state index is 13.0. The first-order chi connectivity index (χ1) is 14.0. The molecule has 8 heteroatoms. The number of methoxy groups -OCH3 is 2. The number of ether oxygens (including phenoxy) is 2. The normalized spacial score (nSPS) is 13.3. The molecule has 1 amide bonds. The van der Waals surface area contributed by atoms with Crippen molar-refractivity contribution in [2.45, 2.75) is 39.8 Å². The third-order valence-corrected chi connectivity index (χ3v) is 6.20. The monoisotopic (exact) mass is 434 g/mol. The maximum Gasteiger partial charge on any atom is 0.244 e. The number of benzene rings is 2. The molecule has 2 aromatic rings. The van der Waals surface area contributed by atoms with E-state index >= 15 is 0 Å². The molecule has 30 heavy (non-hydrogen) atoms. The highest BCUT2D eigenvalue weighted by Gasteiger charge is 2.32. The van der Waals surface area contributed by atoms with Crippen LogP contribution in [0, 0.1) is 13.8 Å². The number of aryl methyl sites for hydroxylation is 2. The highest BCUT2D eigenvalue weighted by molar-refractivity contribution is 7.92. The van der Waals surface area contributed by atoms with Gasteiger partial charge in [-0.3, -0.25) is 9.10 Å².